The van der Waals surface area contributed by atoms with Gasteiger partial charge in [-0.05, 0) is 18.4 Å². The van der Waals surface area contributed by atoms with Crippen molar-refractivity contribution in [2.24, 2.45) is 0 Å². The molecule has 1 N–H and O–H groups in total. The Morgan fingerprint density at radius 1 is 0.958 bits per heavy atom. The molecule has 2 aromatic rings. The minimum absolute atomic E-state index is 0.236. The molecule has 0 aromatic heterocycles. The first kappa shape index (κ1) is 18.6. The fourth-order valence-corrected chi connectivity index (χ4v) is 3.12. The molecule has 0 atom stereocenters. The zero-order chi connectivity index (χ0) is 17.9. The lowest BCUT2D eigenvalue weighted by Gasteiger charge is -2.10. The average Bonchev–Trinajstić information content (AvgIpc) is 2.58. The first-order valence-corrected chi connectivity index (χ1v) is 8.65. The van der Waals surface area contributed by atoms with Crippen molar-refractivity contribution >= 4 is 35.1 Å². The van der Waals surface area contributed by atoms with Gasteiger partial charge in [0.05, 0.1) is 16.3 Å². The Hall–Kier alpha value is -1.74. The van der Waals surface area contributed by atoms with E-state index in [0.29, 0.717) is 5.69 Å². The van der Waals surface area contributed by atoms with E-state index in [0.717, 1.165) is 4.90 Å². The summed E-state index contributed by atoms with van der Waals surface area (Å²) in [5.74, 6) is -11.4. The van der Waals surface area contributed by atoms with Gasteiger partial charge in [-0.1, -0.05) is 12.1 Å². The van der Waals surface area contributed by atoms with Crippen LogP contribution in [0.3, 0.4) is 0 Å². The molecule has 0 fully saturated rings. The van der Waals surface area contributed by atoms with Crippen LogP contribution in [0, 0.1) is 29.1 Å². The fraction of sp³-hybridized carbons (Fsp3) is 0.133. The number of carbonyl (C=O) groups is 1. The Morgan fingerprint density at radius 2 is 1.50 bits per heavy atom. The number of benzene rings is 2. The Morgan fingerprint density at radius 3 is 2.08 bits per heavy atom. The Bertz CT molecular complexity index is 756. The second-order valence-electron chi connectivity index (χ2n) is 4.44. The number of carbonyl (C=O) groups excluding carboxylic acids is 1. The highest BCUT2D eigenvalue weighted by Crippen LogP contribution is 2.31. The van der Waals surface area contributed by atoms with Crippen LogP contribution >= 0.6 is 23.5 Å². The molecule has 0 saturated heterocycles. The minimum Gasteiger partial charge on any atom is -0.324 e. The molecule has 0 aliphatic carbocycles. The molecule has 0 bridgehead atoms. The monoisotopic (exact) mass is 379 g/mol. The maximum atomic E-state index is 13.5. The quantitative estimate of drug-likeness (QED) is 0.349. The van der Waals surface area contributed by atoms with Crippen LogP contribution in [0.4, 0.5) is 27.6 Å². The maximum Gasteiger partial charge on any atom is 0.234 e. The van der Waals surface area contributed by atoms with E-state index < -0.39 is 45.6 Å². The second kappa shape index (κ2) is 7.89. The Labute approximate surface area is 142 Å². The largest absolute Gasteiger partial charge is 0.324 e. The summed E-state index contributed by atoms with van der Waals surface area (Å²) >= 11 is 1.62. The Kier molecular flexibility index (Phi) is 6.11. The molecule has 0 heterocycles. The lowest BCUT2D eigenvalue weighted by atomic mass is 10.3. The third-order valence-electron chi connectivity index (χ3n) is 2.90. The maximum absolute atomic E-state index is 13.5. The predicted octanol–water partition coefficient (Wildman–Crippen LogP) is 4.83. The summed E-state index contributed by atoms with van der Waals surface area (Å²) in [4.78, 5) is 11.6. The van der Waals surface area contributed by atoms with Gasteiger partial charge in [0.25, 0.3) is 0 Å². The van der Waals surface area contributed by atoms with E-state index in [1.807, 2.05) is 0 Å². The molecule has 2 nitrogen and oxygen atoms in total. The van der Waals surface area contributed by atoms with Crippen LogP contribution in [-0.4, -0.2) is 17.9 Å². The fourth-order valence-electron chi connectivity index (χ4n) is 1.78. The van der Waals surface area contributed by atoms with Crippen molar-refractivity contribution < 1.29 is 26.7 Å². The molecule has 128 valence electrons. The van der Waals surface area contributed by atoms with Gasteiger partial charge < -0.3 is 5.32 Å². The van der Waals surface area contributed by atoms with Gasteiger partial charge in [0, 0.05) is 4.90 Å². The van der Waals surface area contributed by atoms with Gasteiger partial charge in [0.2, 0.25) is 11.7 Å². The summed E-state index contributed by atoms with van der Waals surface area (Å²) in [6.45, 7) is 0. The summed E-state index contributed by atoms with van der Waals surface area (Å²) in [5.41, 5.74) is 0.494. The van der Waals surface area contributed by atoms with Crippen LogP contribution in [0.5, 0.6) is 0 Å². The van der Waals surface area contributed by atoms with Gasteiger partial charge in [0.15, 0.2) is 23.3 Å². The van der Waals surface area contributed by atoms with Crippen LogP contribution < -0.4 is 5.32 Å². The number of halogens is 5. The van der Waals surface area contributed by atoms with Crippen molar-refractivity contribution in [1.29, 1.82) is 0 Å². The van der Waals surface area contributed by atoms with Gasteiger partial charge >= 0.3 is 0 Å². The van der Waals surface area contributed by atoms with E-state index in [1.54, 1.807) is 30.5 Å². The number of hydrogen-bond acceptors (Lipinski definition) is 3. The summed E-state index contributed by atoms with van der Waals surface area (Å²) in [6, 6.07) is 6.85. The van der Waals surface area contributed by atoms with E-state index >= 15 is 0 Å². The van der Waals surface area contributed by atoms with E-state index in [1.165, 1.54) is 11.8 Å². The molecule has 0 saturated carbocycles. The summed E-state index contributed by atoms with van der Waals surface area (Å²) < 4.78 is 66.2. The predicted molar refractivity (Wildman–Crippen MR) is 83.8 cm³/mol. The average molecular weight is 379 g/mol. The zero-order valence-electron chi connectivity index (χ0n) is 12.1. The summed E-state index contributed by atoms with van der Waals surface area (Å²) in [6.07, 6.45) is 1.80. The van der Waals surface area contributed by atoms with Crippen LogP contribution in [0.15, 0.2) is 34.1 Å². The Balaban J connectivity index is 2.13. The van der Waals surface area contributed by atoms with Crippen LogP contribution in [0.2, 0.25) is 0 Å². The van der Waals surface area contributed by atoms with Crippen LogP contribution in [0.25, 0.3) is 0 Å². The summed E-state index contributed by atoms with van der Waals surface area (Å²) in [5, 5.41) is 2.52. The highest BCUT2D eigenvalue weighted by molar-refractivity contribution is 8.00. The number of anilines is 1. The van der Waals surface area contributed by atoms with Crippen molar-refractivity contribution in [3.8, 4) is 0 Å². The van der Waals surface area contributed by atoms with Gasteiger partial charge in [-0.15, -0.1) is 23.5 Å². The first-order valence-electron chi connectivity index (χ1n) is 6.44. The number of rotatable bonds is 5. The molecule has 24 heavy (non-hydrogen) atoms. The third kappa shape index (κ3) is 3.84. The molecule has 0 aliphatic heterocycles. The highest BCUT2D eigenvalue weighted by atomic mass is 32.2. The molecule has 2 aromatic carbocycles. The number of amides is 1. The lowest BCUT2D eigenvalue weighted by Crippen LogP contribution is -2.15. The van der Waals surface area contributed by atoms with Crippen molar-refractivity contribution in [3.63, 3.8) is 0 Å². The number of hydrogen-bond donors (Lipinski definition) is 1. The van der Waals surface area contributed by atoms with Gasteiger partial charge in [0.1, 0.15) is 0 Å². The SMILES string of the molecule is CSc1ccccc1NC(=O)CSc1c(F)c(F)c(F)c(F)c1F. The molecule has 9 heteroatoms. The van der Waals surface area contributed by atoms with E-state index in [4.69, 9.17) is 0 Å². The molecule has 2 rings (SSSR count). The zero-order valence-corrected chi connectivity index (χ0v) is 13.8. The van der Waals surface area contributed by atoms with Gasteiger partial charge in [-0.25, -0.2) is 22.0 Å². The topological polar surface area (TPSA) is 29.1 Å². The highest BCUT2D eigenvalue weighted by Gasteiger charge is 2.26. The molecule has 1 amide bonds. The van der Waals surface area contributed by atoms with Crippen LogP contribution in [0.1, 0.15) is 0 Å². The number of para-hydroxylation sites is 1. The van der Waals surface area contributed by atoms with Crippen molar-refractivity contribution in [2.75, 3.05) is 17.3 Å². The second-order valence-corrected chi connectivity index (χ2v) is 6.27. The van der Waals surface area contributed by atoms with Crippen LogP contribution in [-0.2, 0) is 4.79 Å². The van der Waals surface area contributed by atoms with E-state index in [-0.39, 0.29) is 11.8 Å². The third-order valence-corrected chi connectivity index (χ3v) is 4.75. The molecular weight excluding hydrogens is 369 g/mol. The number of nitrogens with one attached hydrogen (secondary N) is 1. The smallest absolute Gasteiger partial charge is 0.234 e. The first-order chi connectivity index (χ1) is 11.4. The number of thioether (sulfide) groups is 2. The van der Waals surface area contributed by atoms with Crippen molar-refractivity contribution in [1.82, 2.24) is 0 Å². The molecule has 0 unspecified atom stereocenters. The molecule has 0 aliphatic rings. The van der Waals surface area contributed by atoms with Crippen molar-refractivity contribution in [3.05, 3.63) is 53.4 Å². The molecular formula is C15H10F5NOS2. The standard InChI is InChI=1S/C15H10F5NOS2/c1-23-8-5-3-2-4-7(8)21-9(22)6-24-15-13(19)11(17)10(16)12(18)14(15)20/h2-5H,6H2,1H3,(H,21,22). The summed E-state index contributed by atoms with van der Waals surface area (Å²) in [7, 11) is 0. The minimum atomic E-state index is -2.23. The van der Waals surface area contributed by atoms with E-state index in [9.17, 15) is 26.7 Å². The normalized spacial score (nSPS) is 10.8. The molecule has 0 radical (unpaired) electrons. The van der Waals surface area contributed by atoms with E-state index in [2.05, 4.69) is 5.32 Å². The lowest BCUT2D eigenvalue weighted by molar-refractivity contribution is -0.113. The van der Waals surface area contributed by atoms with Crippen molar-refractivity contribution in [2.45, 2.75) is 9.79 Å². The molecule has 0 spiro atoms. The van der Waals surface area contributed by atoms with Gasteiger partial charge in [-0.3, -0.25) is 4.79 Å². The van der Waals surface area contributed by atoms with Gasteiger partial charge in [-0.2, -0.15) is 0 Å².